The number of aromatic nitrogens is 2. The van der Waals surface area contributed by atoms with Crippen molar-refractivity contribution in [3.8, 4) is 0 Å². The topological polar surface area (TPSA) is 133 Å². The van der Waals surface area contributed by atoms with Gasteiger partial charge in [0.1, 0.15) is 16.8 Å². The quantitative estimate of drug-likeness (QED) is 0.359. The van der Waals surface area contributed by atoms with E-state index in [0.717, 1.165) is 69.7 Å². The first kappa shape index (κ1) is 28.8. The van der Waals surface area contributed by atoms with E-state index in [1.807, 2.05) is 9.62 Å². The summed E-state index contributed by atoms with van der Waals surface area (Å²) in [6, 6.07) is 0.668. The van der Waals surface area contributed by atoms with E-state index in [2.05, 4.69) is 20.0 Å². The Kier molecular flexibility index (Phi) is 8.95. The summed E-state index contributed by atoms with van der Waals surface area (Å²) in [6.45, 7) is 0.173. The van der Waals surface area contributed by atoms with Crippen LogP contribution in [0.15, 0.2) is 22.5 Å². The van der Waals surface area contributed by atoms with Gasteiger partial charge in [-0.25, -0.2) is 26.9 Å². The molecule has 2 aromatic rings. The number of sulfonamides is 1. The summed E-state index contributed by atoms with van der Waals surface area (Å²) < 4.78 is 57.4. The van der Waals surface area contributed by atoms with E-state index < -0.39 is 34.9 Å². The molecular weight excluding hydrogens is 562 g/mol. The molecule has 0 aromatic carbocycles. The summed E-state index contributed by atoms with van der Waals surface area (Å²) in [6.07, 6.45) is 6.57. The molecule has 0 bridgehead atoms. The molecule has 0 radical (unpaired) electrons. The number of hydrogen-bond acceptors (Lipinski definition) is 8. The Bertz CT molecular complexity index is 1320. The molecule has 1 aliphatic heterocycles. The fourth-order valence-corrected chi connectivity index (χ4v) is 7.42. The Hall–Kier alpha value is -2.71. The monoisotopic (exact) mass is 596 g/mol. The number of amides is 2. The van der Waals surface area contributed by atoms with Gasteiger partial charge in [0.2, 0.25) is 15.9 Å². The van der Waals surface area contributed by atoms with Crippen LogP contribution in [0, 0.1) is 5.92 Å². The molecule has 3 fully saturated rings. The summed E-state index contributed by atoms with van der Waals surface area (Å²) in [5.74, 6) is -0.371. The highest BCUT2D eigenvalue weighted by Gasteiger charge is 2.35. The summed E-state index contributed by atoms with van der Waals surface area (Å²) in [4.78, 5) is 32.7. The van der Waals surface area contributed by atoms with E-state index in [4.69, 9.17) is 0 Å². The third kappa shape index (κ3) is 6.77. The van der Waals surface area contributed by atoms with Crippen molar-refractivity contribution in [1.29, 1.82) is 0 Å². The Balaban J connectivity index is 1.38. The van der Waals surface area contributed by atoms with E-state index in [-0.39, 0.29) is 22.5 Å². The fourth-order valence-electron chi connectivity index (χ4n) is 5.52. The molecule has 0 unspecified atom stereocenters. The van der Waals surface area contributed by atoms with Gasteiger partial charge >= 0.3 is 0 Å². The zero-order valence-corrected chi connectivity index (χ0v) is 23.7. The van der Waals surface area contributed by atoms with Crippen LogP contribution in [0.25, 0.3) is 0 Å². The van der Waals surface area contributed by atoms with Gasteiger partial charge in [-0.2, -0.15) is 4.37 Å². The van der Waals surface area contributed by atoms with Crippen LogP contribution in [0.5, 0.6) is 0 Å². The third-order valence-electron chi connectivity index (χ3n) is 7.76. The van der Waals surface area contributed by atoms with Crippen molar-refractivity contribution in [2.45, 2.75) is 81.1 Å². The third-order valence-corrected chi connectivity index (χ3v) is 9.84. The van der Waals surface area contributed by atoms with Gasteiger partial charge in [-0.05, 0) is 56.0 Å². The highest BCUT2D eigenvalue weighted by atomic mass is 32.2. The predicted octanol–water partition coefficient (Wildman–Crippen LogP) is 3.88. The lowest BCUT2D eigenvalue weighted by atomic mass is 9.83. The number of pyridine rings is 1. The number of carbonyl (C=O) groups is 2. The number of nitrogens with zero attached hydrogens (tertiary/aromatic N) is 3. The number of carbonyl (C=O) groups excluding carboxylic acids is 2. The molecule has 2 amide bonds. The van der Waals surface area contributed by atoms with E-state index >= 15 is 0 Å². The number of alkyl halides is 2. The van der Waals surface area contributed by atoms with E-state index in [0.29, 0.717) is 30.3 Å². The second kappa shape index (κ2) is 12.4. The first-order chi connectivity index (χ1) is 19.2. The Morgan fingerprint density at radius 1 is 1.07 bits per heavy atom. The largest absolute Gasteiger partial charge is 0.370 e. The SMILES string of the molecule is O=C(N[C@H](C(=O)Nc1cc(N2CCCC2)c(S(=O)(=O)NCC(F)F)cn1)C1CCCCC1)c1csnc1C1CC1. The standard InChI is InChI=1S/C26H34F2N6O4S2/c27-21(28)14-30-40(37,38)20-13-29-22(12-19(20)34-10-4-5-11-34)31-26(36)24(16-6-2-1-3-7-16)32-25(35)18-15-39-33-23(18)17-8-9-17/h12-13,15-17,21,24,30H,1-11,14H2,(H,32,35)(H,29,31,36)/t24-/m0/s1. The summed E-state index contributed by atoms with van der Waals surface area (Å²) in [7, 11) is -4.26. The van der Waals surface area contributed by atoms with Crippen LogP contribution in [0.3, 0.4) is 0 Å². The number of anilines is 2. The molecule has 1 saturated heterocycles. The number of nitrogens with one attached hydrogen (secondary N) is 3. The van der Waals surface area contributed by atoms with Crippen molar-refractivity contribution in [3.05, 3.63) is 28.9 Å². The maximum absolute atomic E-state index is 13.6. The highest BCUT2D eigenvalue weighted by Crippen LogP contribution is 2.41. The molecule has 10 nitrogen and oxygen atoms in total. The lowest BCUT2D eigenvalue weighted by molar-refractivity contribution is -0.119. The van der Waals surface area contributed by atoms with E-state index in [1.165, 1.54) is 17.6 Å². The van der Waals surface area contributed by atoms with Crippen molar-refractivity contribution in [1.82, 2.24) is 19.4 Å². The van der Waals surface area contributed by atoms with Gasteiger partial charge in [0.25, 0.3) is 12.3 Å². The zero-order chi connectivity index (χ0) is 28.3. The molecular formula is C26H34F2N6O4S2. The lowest BCUT2D eigenvalue weighted by Crippen LogP contribution is -2.49. The molecule has 5 rings (SSSR count). The molecule has 40 heavy (non-hydrogen) atoms. The van der Waals surface area contributed by atoms with Crippen LogP contribution in [-0.2, 0) is 14.8 Å². The van der Waals surface area contributed by atoms with Gasteiger partial charge in [0.05, 0.1) is 29.7 Å². The Morgan fingerprint density at radius 2 is 1.80 bits per heavy atom. The summed E-state index contributed by atoms with van der Waals surface area (Å²) in [5, 5.41) is 7.48. The average Bonchev–Trinajstić information content (AvgIpc) is 3.41. The Morgan fingerprint density at radius 3 is 2.48 bits per heavy atom. The maximum Gasteiger partial charge on any atom is 0.254 e. The smallest absolute Gasteiger partial charge is 0.254 e. The van der Waals surface area contributed by atoms with Gasteiger partial charge in [-0.15, -0.1) is 0 Å². The van der Waals surface area contributed by atoms with Crippen molar-refractivity contribution < 1.29 is 26.8 Å². The lowest BCUT2D eigenvalue weighted by Gasteiger charge is -2.30. The Labute approximate surface area is 236 Å². The van der Waals surface area contributed by atoms with Crippen LogP contribution in [0.4, 0.5) is 20.3 Å². The number of halogens is 2. The van der Waals surface area contributed by atoms with Gasteiger partial charge in [0, 0.05) is 30.5 Å². The van der Waals surface area contributed by atoms with Crippen molar-refractivity contribution >= 4 is 44.9 Å². The minimum atomic E-state index is -4.26. The second-order valence-electron chi connectivity index (χ2n) is 10.7. The van der Waals surface area contributed by atoms with E-state index in [9.17, 15) is 26.8 Å². The molecule has 14 heteroatoms. The first-order valence-corrected chi connectivity index (χ1v) is 16.1. The summed E-state index contributed by atoms with van der Waals surface area (Å²) >= 11 is 1.24. The van der Waals surface area contributed by atoms with Gasteiger partial charge in [-0.1, -0.05) is 19.3 Å². The number of rotatable bonds is 11. The van der Waals surface area contributed by atoms with Crippen molar-refractivity contribution in [2.75, 3.05) is 29.9 Å². The van der Waals surface area contributed by atoms with Crippen LogP contribution < -0.4 is 20.3 Å². The minimum Gasteiger partial charge on any atom is -0.370 e. The fraction of sp³-hybridized carbons (Fsp3) is 0.615. The highest BCUT2D eigenvalue weighted by molar-refractivity contribution is 7.89. The van der Waals surface area contributed by atoms with Crippen LogP contribution in [0.1, 0.15) is 79.8 Å². The summed E-state index contributed by atoms with van der Waals surface area (Å²) in [5.41, 5.74) is 1.60. The molecule has 3 heterocycles. The zero-order valence-electron chi connectivity index (χ0n) is 22.1. The van der Waals surface area contributed by atoms with Crippen LogP contribution in [0.2, 0.25) is 0 Å². The molecule has 1 atom stereocenters. The first-order valence-electron chi connectivity index (χ1n) is 13.8. The molecule has 2 aromatic heterocycles. The molecule has 218 valence electrons. The second-order valence-corrected chi connectivity index (χ2v) is 13.1. The molecule has 3 N–H and O–H groups in total. The predicted molar refractivity (Wildman–Crippen MR) is 147 cm³/mol. The van der Waals surface area contributed by atoms with E-state index in [1.54, 1.807) is 5.38 Å². The molecule has 2 aliphatic carbocycles. The van der Waals surface area contributed by atoms with Gasteiger partial charge in [-0.3, -0.25) is 9.59 Å². The maximum atomic E-state index is 13.6. The number of hydrogen-bond donors (Lipinski definition) is 3. The normalized spacial score (nSPS) is 19.1. The minimum absolute atomic E-state index is 0.0510. The van der Waals surface area contributed by atoms with Crippen LogP contribution in [-0.4, -0.2) is 61.7 Å². The molecule has 2 saturated carbocycles. The van der Waals surface area contributed by atoms with Crippen molar-refractivity contribution in [2.24, 2.45) is 5.92 Å². The molecule has 3 aliphatic rings. The van der Waals surface area contributed by atoms with Gasteiger partial charge in [0.15, 0.2) is 0 Å². The molecule has 0 spiro atoms. The van der Waals surface area contributed by atoms with Gasteiger partial charge < -0.3 is 15.5 Å². The average molecular weight is 597 g/mol. The van der Waals surface area contributed by atoms with Crippen LogP contribution >= 0.6 is 11.5 Å². The van der Waals surface area contributed by atoms with Crippen molar-refractivity contribution in [3.63, 3.8) is 0 Å².